The minimum atomic E-state index is -0.0517. The number of carbonyl (C=O) groups is 1. The summed E-state index contributed by atoms with van der Waals surface area (Å²) in [6.07, 6.45) is 7.22. The number of hydrogen-bond donors (Lipinski definition) is 1. The van der Waals surface area contributed by atoms with E-state index in [1.54, 1.807) is 30.7 Å². The van der Waals surface area contributed by atoms with E-state index in [0.29, 0.717) is 29.7 Å². The van der Waals surface area contributed by atoms with Gasteiger partial charge in [0.15, 0.2) is 5.76 Å². The van der Waals surface area contributed by atoms with Crippen LogP contribution in [0.25, 0.3) is 11.3 Å². The lowest BCUT2D eigenvalue weighted by molar-refractivity contribution is 0.0951. The Morgan fingerprint density at radius 1 is 1.23 bits per heavy atom. The first-order valence-electron chi connectivity index (χ1n) is 8.53. The highest BCUT2D eigenvalue weighted by molar-refractivity contribution is 5.95. The average Bonchev–Trinajstić information content (AvgIpc) is 3.37. The lowest BCUT2D eigenvalue weighted by Gasteiger charge is -2.16. The second-order valence-corrected chi connectivity index (χ2v) is 6.42. The highest BCUT2D eigenvalue weighted by Crippen LogP contribution is 2.22. The van der Waals surface area contributed by atoms with Crippen LogP contribution in [0.15, 0.2) is 53.4 Å². The summed E-state index contributed by atoms with van der Waals surface area (Å²) >= 11 is 0. The van der Waals surface area contributed by atoms with Crippen LogP contribution in [-0.4, -0.2) is 34.1 Å². The van der Waals surface area contributed by atoms with Crippen LogP contribution < -0.4 is 10.2 Å². The molecule has 0 aliphatic heterocycles. The number of nitrogens with one attached hydrogen (secondary N) is 1. The molecule has 0 bridgehead atoms. The van der Waals surface area contributed by atoms with E-state index in [1.165, 1.54) is 0 Å². The third-order valence-electron chi connectivity index (χ3n) is 4.24. The zero-order valence-corrected chi connectivity index (χ0v) is 14.4. The molecule has 0 unspecified atom stereocenters. The molecule has 0 spiro atoms. The number of aromatic nitrogens is 3. The molecular weight excluding hydrogens is 330 g/mol. The molecule has 0 saturated heterocycles. The molecule has 7 heteroatoms. The van der Waals surface area contributed by atoms with Gasteiger partial charge in [-0.05, 0) is 37.1 Å². The number of amides is 1. The van der Waals surface area contributed by atoms with Gasteiger partial charge in [0, 0.05) is 48.9 Å². The maximum atomic E-state index is 12.2. The van der Waals surface area contributed by atoms with E-state index in [1.807, 2.05) is 30.1 Å². The van der Waals surface area contributed by atoms with Crippen LogP contribution in [0.1, 0.15) is 29.0 Å². The molecule has 1 fully saturated rings. The molecule has 1 saturated carbocycles. The van der Waals surface area contributed by atoms with E-state index in [4.69, 9.17) is 4.52 Å². The van der Waals surface area contributed by atoms with Gasteiger partial charge >= 0.3 is 0 Å². The molecule has 3 heterocycles. The molecule has 0 aromatic carbocycles. The molecule has 3 aromatic heterocycles. The van der Waals surface area contributed by atoms with Crippen molar-refractivity contribution in [3.63, 3.8) is 0 Å². The first-order valence-corrected chi connectivity index (χ1v) is 8.53. The summed E-state index contributed by atoms with van der Waals surface area (Å²) in [5, 5.41) is 7.09. The van der Waals surface area contributed by atoms with E-state index in [0.717, 1.165) is 24.1 Å². The van der Waals surface area contributed by atoms with Crippen LogP contribution in [-0.2, 0) is 6.54 Å². The van der Waals surface area contributed by atoms with E-state index < -0.39 is 0 Å². The van der Waals surface area contributed by atoms with E-state index in [-0.39, 0.29) is 5.91 Å². The van der Waals surface area contributed by atoms with E-state index in [9.17, 15) is 4.79 Å². The quantitative estimate of drug-likeness (QED) is 0.736. The third-order valence-corrected chi connectivity index (χ3v) is 4.24. The van der Waals surface area contributed by atoms with Crippen molar-refractivity contribution < 1.29 is 9.32 Å². The molecule has 1 aliphatic rings. The molecule has 4 rings (SSSR count). The van der Waals surface area contributed by atoms with Gasteiger partial charge in [0.25, 0.3) is 5.91 Å². The molecule has 132 valence electrons. The zero-order chi connectivity index (χ0) is 17.9. The third kappa shape index (κ3) is 3.72. The maximum Gasteiger partial charge on any atom is 0.251 e. The van der Waals surface area contributed by atoms with E-state index >= 15 is 0 Å². The van der Waals surface area contributed by atoms with Crippen molar-refractivity contribution >= 4 is 11.7 Å². The fourth-order valence-electron chi connectivity index (χ4n) is 2.63. The fourth-order valence-corrected chi connectivity index (χ4v) is 2.63. The number of nitrogens with zero attached hydrogens (tertiary/aromatic N) is 4. The van der Waals surface area contributed by atoms with Crippen LogP contribution in [0.4, 0.5) is 5.82 Å². The standard InChI is InChI=1S/C19H19N5O2/c1-24(12-16-11-17(23-26-16)13-4-7-20-8-5-13)18-10-14(6-9-21-18)19(25)22-15-2-3-15/h4-11,15H,2-3,12H2,1H3,(H,22,25). The Hall–Kier alpha value is -3.22. The Kier molecular flexibility index (Phi) is 4.35. The monoisotopic (exact) mass is 349 g/mol. The van der Waals surface area contributed by atoms with Gasteiger partial charge in [0.1, 0.15) is 11.5 Å². The van der Waals surface area contributed by atoms with Gasteiger partial charge in [0.2, 0.25) is 0 Å². The van der Waals surface area contributed by atoms with Crippen molar-refractivity contribution in [3.05, 3.63) is 60.2 Å². The number of hydrogen-bond acceptors (Lipinski definition) is 6. The van der Waals surface area contributed by atoms with Crippen molar-refractivity contribution in [3.8, 4) is 11.3 Å². The second-order valence-electron chi connectivity index (χ2n) is 6.42. The number of carbonyl (C=O) groups excluding carboxylic acids is 1. The summed E-state index contributed by atoms with van der Waals surface area (Å²) in [6, 6.07) is 9.51. The Balaban J connectivity index is 1.45. The van der Waals surface area contributed by atoms with Crippen molar-refractivity contribution in [2.45, 2.75) is 25.4 Å². The lowest BCUT2D eigenvalue weighted by Crippen LogP contribution is -2.26. The molecule has 0 atom stereocenters. The largest absolute Gasteiger partial charge is 0.359 e. The molecule has 1 amide bonds. The van der Waals surface area contributed by atoms with Gasteiger partial charge in [0.05, 0.1) is 6.54 Å². The van der Waals surface area contributed by atoms with Crippen molar-refractivity contribution in [2.75, 3.05) is 11.9 Å². The minimum absolute atomic E-state index is 0.0517. The number of anilines is 1. The van der Waals surface area contributed by atoms with Crippen LogP contribution in [0.2, 0.25) is 0 Å². The van der Waals surface area contributed by atoms with Crippen LogP contribution in [0.3, 0.4) is 0 Å². The molecule has 1 aliphatic carbocycles. The zero-order valence-electron chi connectivity index (χ0n) is 14.4. The number of pyridine rings is 2. The Morgan fingerprint density at radius 2 is 2.04 bits per heavy atom. The fraction of sp³-hybridized carbons (Fsp3) is 0.263. The SMILES string of the molecule is CN(Cc1cc(-c2ccncc2)no1)c1cc(C(=O)NC2CC2)ccn1. The van der Waals surface area contributed by atoms with Crippen LogP contribution in [0.5, 0.6) is 0 Å². The highest BCUT2D eigenvalue weighted by atomic mass is 16.5. The normalized spacial score (nSPS) is 13.4. The highest BCUT2D eigenvalue weighted by Gasteiger charge is 2.24. The maximum absolute atomic E-state index is 12.2. The smallest absolute Gasteiger partial charge is 0.251 e. The van der Waals surface area contributed by atoms with Gasteiger partial charge in [-0.2, -0.15) is 0 Å². The Morgan fingerprint density at radius 3 is 2.81 bits per heavy atom. The van der Waals surface area contributed by atoms with Gasteiger partial charge < -0.3 is 14.7 Å². The summed E-state index contributed by atoms with van der Waals surface area (Å²) < 4.78 is 5.43. The number of rotatable bonds is 6. The Labute approximate surface area is 151 Å². The summed E-state index contributed by atoms with van der Waals surface area (Å²) in [5.74, 6) is 1.37. The molecular formula is C19H19N5O2. The predicted molar refractivity (Wildman–Crippen MR) is 96.6 cm³/mol. The van der Waals surface area contributed by atoms with Gasteiger partial charge in [-0.15, -0.1) is 0 Å². The molecule has 1 N–H and O–H groups in total. The van der Waals surface area contributed by atoms with Crippen LogP contribution >= 0.6 is 0 Å². The lowest BCUT2D eigenvalue weighted by atomic mass is 10.2. The van der Waals surface area contributed by atoms with Gasteiger partial charge in [-0.25, -0.2) is 4.98 Å². The first-order chi connectivity index (χ1) is 12.7. The van der Waals surface area contributed by atoms with Crippen molar-refractivity contribution in [1.82, 2.24) is 20.4 Å². The Bertz CT molecular complexity index is 905. The van der Waals surface area contributed by atoms with Crippen molar-refractivity contribution in [1.29, 1.82) is 0 Å². The summed E-state index contributed by atoms with van der Waals surface area (Å²) in [5.41, 5.74) is 2.33. The minimum Gasteiger partial charge on any atom is -0.359 e. The molecule has 7 nitrogen and oxygen atoms in total. The predicted octanol–water partition coefficient (Wildman–Crippen LogP) is 2.66. The molecule has 0 radical (unpaired) electrons. The average molecular weight is 349 g/mol. The first kappa shape index (κ1) is 16.3. The summed E-state index contributed by atoms with van der Waals surface area (Å²) in [7, 11) is 1.90. The van der Waals surface area contributed by atoms with Crippen LogP contribution in [0, 0.1) is 0 Å². The van der Waals surface area contributed by atoms with E-state index in [2.05, 4.69) is 20.4 Å². The van der Waals surface area contributed by atoms with Gasteiger partial charge in [-0.1, -0.05) is 5.16 Å². The summed E-state index contributed by atoms with van der Waals surface area (Å²) in [4.78, 5) is 22.5. The molecule has 3 aromatic rings. The van der Waals surface area contributed by atoms with Crippen molar-refractivity contribution in [2.24, 2.45) is 0 Å². The second kappa shape index (κ2) is 6.95. The summed E-state index contributed by atoms with van der Waals surface area (Å²) in [6.45, 7) is 0.499. The van der Waals surface area contributed by atoms with Gasteiger partial charge in [-0.3, -0.25) is 9.78 Å². The molecule has 26 heavy (non-hydrogen) atoms. The topological polar surface area (TPSA) is 84.2 Å².